The molecule has 0 aliphatic carbocycles. The summed E-state index contributed by atoms with van der Waals surface area (Å²) in [6.45, 7) is -0.0828. The van der Waals surface area contributed by atoms with Gasteiger partial charge in [0.2, 0.25) is 0 Å². The molecule has 4 nitrogen and oxygen atoms in total. The second kappa shape index (κ2) is 4.59. The van der Waals surface area contributed by atoms with Crippen molar-refractivity contribution in [3.63, 3.8) is 0 Å². The van der Waals surface area contributed by atoms with E-state index in [1.54, 1.807) is 0 Å². The van der Waals surface area contributed by atoms with Crippen molar-refractivity contribution in [2.45, 2.75) is 6.54 Å². The Labute approximate surface area is 88.4 Å². The molecule has 14 heavy (non-hydrogen) atoms. The number of methoxy groups -OCH3 is 1. The maximum Gasteiger partial charge on any atom is 0.163 e. The van der Waals surface area contributed by atoms with Gasteiger partial charge < -0.3 is 15.1 Å². The molecule has 0 radical (unpaired) electrons. The zero-order valence-corrected chi connectivity index (χ0v) is 8.93. The molecule has 3 N–H and O–H groups in total. The van der Waals surface area contributed by atoms with Gasteiger partial charge in [-0.3, -0.25) is 0 Å². The number of hydroxylamine groups is 1. The lowest BCUT2D eigenvalue weighted by molar-refractivity contribution is 0.159. The second-order valence-electron chi connectivity index (χ2n) is 2.54. The van der Waals surface area contributed by atoms with Crippen molar-refractivity contribution in [3.8, 4) is 11.5 Å². The van der Waals surface area contributed by atoms with Gasteiger partial charge in [0.1, 0.15) is 5.82 Å². The summed E-state index contributed by atoms with van der Waals surface area (Å²) in [6, 6.07) is 1.06. The first-order chi connectivity index (χ1) is 6.61. The van der Waals surface area contributed by atoms with E-state index in [0.717, 1.165) is 6.07 Å². The quantitative estimate of drug-likeness (QED) is 0.730. The van der Waals surface area contributed by atoms with E-state index >= 15 is 0 Å². The van der Waals surface area contributed by atoms with Crippen molar-refractivity contribution in [1.82, 2.24) is 5.48 Å². The molecule has 1 aromatic rings. The van der Waals surface area contributed by atoms with Gasteiger partial charge in [0.15, 0.2) is 11.5 Å². The van der Waals surface area contributed by atoms with E-state index in [0.29, 0.717) is 0 Å². The Morgan fingerprint density at radius 3 is 2.79 bits per heavy atom. The van der Waals surface area contributed by atoms with Crippen LogP contribution in [0.2, 0.25) is 0 Å². The zero-order chi connectivity index (χ0) is 10.7. The summed E-state index contributed by atoms with van der Waals surface area (Å²) in [6.07, 6.45) is 0. The van der Waals surface area contributed by atoms with Crippen LogP contribution in [0.3, 0.4) is 0 Å². The topological polar surface area (TPSA) is 61.7 Å². The van der Waals surface area contributed by atoms with Crippen LogP contribution < -0.4 is 10.2 Å². The summed E-state index contributed by atoms with van der Waals surface area (Å²) in [7, 11) is 1.32. The van der Waals surface area contributed by atoms with E-state index in [-0.39, 0.29) is 28.1 Å². The van der Waals surface area contributed by atoms with Gasteiger partial charge in [-0.1, -0.05) is 0 Å². The number of hydrogen-bond donors (Lipinski definition) is 3. The van der Waals surface area contributed by atoms with Crippen LogP contribution in [-0.4, -0.2) is 17.4 Å². The summed E-state index contributed by atoms with van der Waals surface area (Å²) in [4.78, 5) is 0. The number of halogens is 2. The molecule has 6 heteroatoms. The summed E-state index contributed by atoms with van der Waals surface area (Å²) in [5.41, 5.74) is 2.03. The van der Waals surface area contributed by atoms with Crippen molar-refractivity contribution in [3.05, 3.63) is 21.9 Å². The van der Waals surface area contributed by atoms with Crippen molar-refractivity contribution in [2.24, 2.45) is 0 Å². The predicted molar refractivity (Wildman–Crippen MR) is 50.9 cm³/mol. The van der Waals surface area contributed by atoms with E-state index in [1.165, 1.54) is 7.11 Å². The fraction of sp³-hybridized carbons (Fsp3) is 0.250. The van der Waals surface area contributed by atoms with Gasteiger partial charge in [0.25, 0.3) is 0 Å². The van der Waals surface area contributed by atoms with E-state index in [2.05, 4.69) is 15.9 Å². The lowest BCUT2D eigenvalue weighted by Crippen LogP contribution is -2.08. The summed E-state index contributed by atoms with van der Waals surface area (Å²) >= 11 is 2.95. The van der Waals surface area contributed by atoms with Crippen LogP contribution in [0.1, 0.15) is 5.56 Å². The molecule has 0 aromatic heterocycles. The standard InChI is InChI=1S/C8H9BrFNO3/c1-14-6-2-5(10)7(9)4(3-11-13)8(6)12/h2,11-13H,3H2,1H3. The summed E-state index contributed by atoms with van der Waals surface area (Å²) < 4.78 is 18.0. The van der Waals surface area contributed by atoms with Crippen molar-refractivity contribution in [1.29, 1.82) is 0 Å². The van der Waals surface area contributed by atoms with Crippen molar-refractivity contribution >= 4 is 15.9 Å². The number of aromatic hydroxyl groups is 1. The minimum Gasteiger partial charge on any atom is -0.504 e. The van der Waals surface area contributed by atoms with E-state index in [4.69, 9.17) is 9.94 Å². The Balaban J connectivity index is 3.29. The third-order valence-corrected chi connectivity index (χ3v) is 2.58. The zero-order valence-electron chi connectivity index (χ0n) is 7.34. The Morgan fingerprint density at radius 2 is 2.29 bits per heavy atom. The Bertz CT molecular complexity index is 346. The minimum absolute atomic E-state index is 0.0240. The van der Waals surface area contributed by atoms with Crippen LogP contribution in [0.25, 0.3) is 0 Å². The number of nitrogens with one attached hydrogen (secondary N) is 1. The molecule has 0 amide bonds. The lowest BCUT2D eigenvalue weighted by atomic mass is 10.2. The molecule has 0 fully saturated rings. The van der Waals surface area contributed by atoms with Crippen LogP contribution >= 0.6 is 15.9 Å². The first-order valence-corrected chi connectivity index (χ1v) is 4.52. The van der Waals surface area contributed by atoms with E-state index in [1.807, 2.05) is 5.48 Å². The third-order valence-electron chi connectivity index (χ3n) is 1.73. The van der Waals surface area contributed by atoms with Crippen molar-refractivity contribution in [2.75, 3.05) is 7.11 Å². The van der Waals surface area contributed by atoms with Gasteiger partial charge in [0.05, 0.1) is 18.1 Å². The number of benzene rings is 1. The van der Waals surface area contributed by atoms with Gasteiger partial charge >= 0.3 is 0 Å². The average Bonchev–Trinajstić information content (AvgIpc) is 2.18. The molecule has 0 aliphatic rings. The number of rotatable bonds is 3. The lowest BCUT2D eigenvalue weighted by Gasteiger charge is -2.10. The molecule has 78 valence electrons. The van der Waals surface area contributed by atoms with Crippen LogP contribution in [-0.2, 0) is 6.54 Å². The predicted octanol–water partition coefficient (Wildman–Crippen LogP) is 1.78. The third kappa shape index (κ3) is 1.97. The fourth-order valence-electron chi connectivity index (χ4n) is 1.04. The molecule has 0 atom stereocenters. The largest absolute Gasteiger partial charge is 0.504 e. The maximum absolute atomic E-state index is 13.2. The highest BCUT2D eigenvalue weighted by atomic mass is 79.9. The molecular weight excluding hydrogens is 257 g/mol. The van der Waals surface area contributed by atoms with Crippen LogP contribution in [0.15, 0.2) is 10.5 Å². The van der Waals surface area contributed by atoms with Crippen molar-refractivity contribution < 1.29 is 19.4 Å². The highest BCUT2D eigenvalue weighted by Crippen LogP contribution is 2.36. The first-order valence-electron chi connectivity index (χ1n) is 3.72. The SMILES string of the molecule is COc1cc(F)c(Br)c(CNO)c1O. The number of ether oxygens (including phenoxy) is 1. The van der Waals surface area contributed by atoms with Crippen LogP contribution in [0.5, 0.6) is 11.5 Å². The Kier molecular flexibility index (Phi) is 3.68. The fourth-order valence-corrected chi connectivity index (χ4v) is 1.48. The molecule has 1 rings (SSSR count). The first kappa shape index (κ1) is 11.2. The molecular formula is C8H9BrFNO3. The summed E-state index contributed by atoms with van der Waals surface area (Å²) in [5, 5.41) is 18.0. The Morgan fingerprint density at radius 1 is 1.64 bits per heavy atom. The minimum atomic E-state index is -0.565. The maximum atomic E-state index is 13.2. The number of phenols is 1. The van der Waals surface area contributed by atoms with E-state index < -0.39 is 5.82 Å². The highest BCUT2D eigenvalue weighted by molar-refractivity contribution is 9.10. The van der Waals surface area contributed by atoms with Crippen LogP contribution in [0.4, 0.5) is 4.39 Å². The van der Waals surface area contributed by atoms with Gasteiger partial charge in [-0.25, -0.2) is 9.87 Å². The Hall–Kier alpha value is -0.850. The molecule has 0 heterocycles. The second-order valence-corrected chi connectivity index (χ2v) is 3.33. The molecule has 0 saturated heterocycles. The molecule has 0 spiro atoms. The van der Waals surface area contributed by atoms with Gasteiger partial charge in [0, 0.05) is 11.6 Å². The molecule has 1 aromatic carbocycles. The normalized spacial score (nSPS) is 10.3. The van der Waals surface area contributed by atoms with Crippen LogP contribution in [0, 0.1) is 5.82 Å². The van der Waals surface area contributed by atoms with Gasteiger partial charge in [-0.05, 0) is 15.9 Å². The van der Waals surface area contributed by atoms with E-state index in [9.17, 15) is 9.50 Å². The molecule has 0 saturated carbocycles. The molecule has 0 bridgehead atoms. The number of phenolic OH excluding ortho intramolecular Hbond substituents is 1. The monoisotopic (exact) mass is 265 g/mol. The number of hydrogen-bond acceptors (Lipinski definition) is 4. The molecule has 0 aliphatic heterocycles. The van der Waals surface area contributed by atoms with Gasteiger partial charge in [-0.2, -0.15) is 0 Å². The summed E-state index contributed by atoms with van der Waals surface area (Å²) in [5.74, 6) is -0.747. The van der Waals surface area contributed by atoms with Gasteiger partial charge in [-0.15, -0.1) is 0 Å². The average molecular weight is 266 g/mol. The highest BCUT2D eigenvalue weighted by Gasteiger charge is 2.16. The smallest absolute Gasteiger partial charge is 0.163 e. The molecule has 0 unspecified atom stereocenters.